The van der Waals surface area contributed by atoms with Gasteiger partial charge < -0.3 is 24.5 Å². The molecule has 4 fully saturated rings. The minimum absolute atomic E-state index is 0.177. The van der Waals surface area contributed by atoms with Gasteiger partial charge in [0.05, 0.1) is 25.6 Å². The molecule has 5 heterocycles. The molecule has 0 radical (unpaired) electrons. The third-order valence-corrected chi connectivity index (χ3v) is 8.26. The zero-order valence-corrected chi connectivity index (χ0v) is 19.2. The summed E-state index contributed by atoms with van der Waals surface area (Å²) in [5.74, 6) is -0.845. The van der Waals surface area contributed by atoms with Crippen molar-refractivity contribution in [3.8, 4) is 0 Å². The molecule has 2 aromatic heterocycles. The summed E-state index contributed by atoms with van der Waals surface area (Å²) in [4.78, 5) is 38.5. The molecule has 2 unspecified atom stereocenters. The predicted molar refractivity (Wildman–Crippen MR) is 118 cm³/mol. The second kappa shape index (κ2) is 9.07. The van der Waals surface area contributed by atoms with Gasteiger partial charge in [-0.15, -0.1) is 0 Å². The molecule has 3 saturated heterocycles. The van der Waals surface area contributed by atoms with Gasteiger partial charge in [-0.05, 0) is 18.9 Å². The van der Waals surface area contributed by atoms with Crippen LogP contribution in [0.1, 0.15) is 62.4 Å². The number of nitrogens with zero attached hydrogens (tertiary/aromatic N) is 4. The molecule has 182 valence electrons. The Bertz CT molecular complexity index is 1000. The van der Waals surface area contributed by atoms with E-state index in [0.29, 0.717) is 22.4 Å². The summed E-state index contributed by atoms with van der Waals surface area (Å²) in [7, 11) is 0. The standard InChI is InChI=1S/C24H31N5O5/c25-21(30)20(22-27-14-26-15-28-22)29-9-6-16(7-10-29)19(12-29)34-23(31)24(32,18-8-11-33-13-18)17-4-2-1-3-5-17/h8,11,13-17,19-20,32H,1-7,9-10,12H2,(H-,25,30)/p+1/t16?,19-,20?,24?,29?/m0/s1. The van der Waals surface area contributed by atoms with Gasteiger partial charge in [-0.2, -0.15) is 0 Å². The van der Waals surface area contributed by atoms with E-state index < -0.39 is 29.6 Å². The maximum atomic E-state index is 13.6. The smallest absolute Gasteiger partial charge is 0.343 e. The number of furan rings is 1. The van der Waals surface area contributed by atoms with Crippen LogP contribution in [0.25, 0.3) is 0 Å². The number of primary amides is 1. The number of hydrogen-bond donors (Lipinski definition) is 2. The molecule has 1 amide bonds. The molecular formula is C24H32N5O5+. The fourth-order valence-electron chi connectivity index (χ4n) is 6.44. The van der Waals surface area contributed by atoms with Crippen molar-refractivity contribution in [3.05, 3.63) is 42.6 Å². The third-order valence-electron chi connectivity index (χ3n) is 8.26. The minimum Gasteiger partial charge on any atom is -0.472 e. The summed E-state index contributed by atoms with van der Waals surface area (Å²) in [6.07, 6.45) is 11.3. The van der Waals surface area contributed by atoms with Gasteiger partial charge in [0.2, 0.25) is 6.04 Å². The normalized spacial score (nSPS) is 29.8. The van der Waals surface area contributed by atoms with Crippen molar-refractivity contribution >= 4 is 11.9 Å². The number of nitrogens with two attached hydrogens (primary N) is 1. The maximum Gasteiger partial charge on any atom is 0.343 e. The van der Waals surface area contributed by atoms with E-state index in [1.165, 1.54) is 25.2 Å². The Morgan fingerprint density at radius 1 is 1.15 bits per heavy atom. The van der Waals surface area contributed by atoms with Crippen molar-refractivity contribution in [2.45, 2.75) is 62.7 Å². The fourth-order valence-corrected chi connectivity index (χ4v) is 6.44. The second-order valence-electron chi connectivity index (χ2n) is 10.0. The molecule has 1 saturated carbocycles. The predicted octanol–water partition coefficient (Wildman–Crippen LogP) is 1.61. The Hall–Kier alpha value is -2.85. The first-order valence-electron chi connectivity index (χ1n) is 12.2. The number of hydrogen-bond acceptors (Lipinski definition) is 8. The van der Waals surface area contributed by atoms with Crippen LogP contribution < -0.4 is 5.73 Å². The summed E-state index contributed by atoms with van der Waals surface area (Å²) >= 11 is 0. The van der Waals surface area contributed by atoms with E-state index >= 15 is 0 Å². The number of fused-ring (bicyclic) bond motifs is 3. The summed E-state index contributed by atoms with van der Waals surface area (Å²) in [5.41, 5.74) is 4.53. The zero-order chi connectivity index (χ0) is 23.8. The van der Waals surface area contributed by atoms with Crippen LogP contribution in [0.5, 0.6) is 0 Å². The number of carbonyl (C=O) groups is 2. The van der Waals surface area contributed by atoms with E-state index in [9.17, 15) is 14.7 Å². The number of aliphatic hydroxyl groups is 1. The SMILES string of the molecule is NC(=O)C(c1ncncn1)[N+]12CCC(CC1)[C@@H](OC(=O)C(O)(c1ccoc1)C1CCCCC1)C2. The third kappa shape index (κ3) is 3.88. The largest absolute Gasteiger partial charge is 0.472 e. The second-order valence-corrected chi connectivity index (χ2v) is 10.0. The lowest BCUT2D eigenvalue weighted by molar-refractivity contribution is -0.965. The van der Waals surface area contributed by atoms with Crippen molar-refractivity contribution in [2.24, 2.45) is 17.6 Å². The van der Waals surface area contributed by atoms with E-state index in [1.807, 2.05) is 0 Å². The Kier molecular flexibility index (Phi) is 6.11. The van der Waals surface area contributed by atoms with Gasteiger partial charge >= 0.3 is 5.97 Å². The van der Waals surface area contributed by atoms with Crippen LogP contribution in [-0.2, 0) is 19.9 Å². The van der Waals surface area contributed by atoms with Crippen molar-refractivity contribution in [2.75, 3.05) is 19.6 Å². The summed E-state index contributed by atoms with van der Waals surface area (Å²) in [5, 5.41) is 11.8. The minimum atomic E-state index is -1.75. The van der Waals surface area contributed by atoms with Crippen LogP contribution in [0.2, 0.25) is 0 Å². The van der Waals surface area contributed by atoms with E-state index in [0.717, 1.165) is 58.0 Å². The number of amides is 1. The molecule has 3 atom stereocenters. The molecule has 10 nitrogen and oxygen atoms in total. The maximum absolute atomic E-state index is 13.6. The van der Waals surface area contributed by atoms with E-state index in [1.54, 1.807) is 6.07 Å². The Morgan fingerprint density at radius 2 is 1.85 bits per heavy atom. The summed E-state index contributed by atoms with van der Waals surface area (Å²) < 4.78 is 11.7. The number of ether oxygens (including phenoxy) is 1. The summed E-state index contributed by atoms with van der Waals surface area (Å²) in [6, 6.07) is 0.904. The molecule has 2 bridgehead atoms. The van der Waals surface area contributed by atoms with Gasteiger partial charge in [-0.3, -0.25) is 4.79 Å². The molecule has 3 aliphatic heterocycles. The van der Waals surface area contributed by atoms with Crippen LogP contribution >= 0.6 is 0 Å². The number of aromatic nitrogens is 3. The van der Waals surface area contributed by atoms with Crippen LogP contribution in [0.4, 0.5) is 0 Å². The molecule has 6 rings (SSSR count). The summed E-state index contributed by atoms with van der Waals surface area (Å²) in [6.45, 7) is 1.89. The first-order chi connectivity index (χ1) is 16.4. The van der Waals surface area contributed by atoms with Gasteiger partial charge in [0.15, 0.2) is 17.5 Å². The lowest BCUT2D eigenvalue weighted by Gasteiger charge is -2.54. The average molecular weight is 471 g/mol. The molecular weight excluding hydrogens is 438 g/mol. The number of esters is 1. The van der Waals surface area contributed by atoms with E-state index in [4.69, 9.17) is 14.9 Å². The van der Waals surface area contributed by atoms with Crippen LogP contribution in [-0.4, -0.2) is 62.2 Å². The first-order valence-corrected chi connectivity index (χ1v) is 12.2. The van der Waals surface area contributed by atoms with Gasteiger partial charge in [0.1, 0.15) is 19.2 Å². The van der Waals surface area contributed by atoms with Crippen molar-refractivity contribution in [3.63, 3.8) is 0 Å². The molecule has 34 heavy (non-hydrogen) atoms. The highest BCUT2D eigenvalue weighted by atomic mass is 16.6. The van der Waals surface area contributed by atoms with Crippen molar-refractivity contribution < 1.29 is 28.3 Å². The first kappa shape index (κ1) is 22.9. The van der Waals surface area contributed by atoms with Gasteiger partial charge in [0, 0.05) is 30.2 Å². The number of rotatable bonds is 7. The lowest BCUT2D eigenvalue weighted by Crippen LogP contribution is -2.68. The molecule has 3 N–H and O–H groups in total. The molecule has 10 heteroatoms. The van der Waals surface area contributed by atoms with Crippen molar-refractivity contribution in [1.82, 2.24) is 15.0 Å². The molecule has 0 spiro atoms. The van der Waals surface area contributed by atoms with E-state index in [-0.39, 0.29) is 11.8 Å². The van der Waals surface area contributed by atoms with Crippen LogP contribution in [0.15, 0.2) is 35.7 Å². The molecule has 2 aromatic rings. The van der Waals surface area contributed by atoms with Crippen LogP contribution in [0.3, 0.4) is 0 Å². The highest BCUT2D eigenvalue weighted by molar-refractivity contribution is 5.82. The molecule has 1 aliphatic carbocycles. The molecule has 0 aromatic carbocycles. The monoisotopic (exact) mass is 470 g/mol. The lowest BCUT2D eigenvalue weighted by atomic mass is 9.74. The Balaban J connectivity index is 1.41. The van der Waals surface area contributed by atoms with Gasteiger partial charge in [-0.25, -0.2) is 19.7 Å². The van der Waals surface area contributed by atoms with Crippen molar-refractivity contribution in [1.29, 1.82) is 0 Å². The van der Waals surface area contributed by atoms with Gasteiger partial charge in [0.25, 0.3) is 5.91 Å². The van der Waals surface area contributed by atoms with Gasteiger partial charge in [-0.1, -0.05) is 19.3 Å². The fraction of sp³-hybridized carbons (Fsp3) is 0.625. The Morgan fingerprint density at radius 3 is 2.47 bits per heavy atom. The number of piperidine rings is 3. The quantitative estimate of drug-likeness (QED) is 0.459. The van der Waals surface area contributed by atoms with Crippen LogP contribution in [0, 0.1) is 11.8 Å². The number of quaternary nitrogens is 1. The highest BCUT2D eigenvalue weighted by Crippen LogP contribution is 2.44. The van der Waals surface area contributed by atoms with E-state index in [2.05, 4.69) is 15.0 Å². The Labute approximate surface area is 198 Å². The highest BCUT2D eigenvalue weighted by Gasteiger charge is 2.56. The molecule has 4 aliphatic rings. The zero-order valence-electron chi connectivity index (χ0n) is 19.2. The average Bonchev–Trinajstić information content (AvgIpc) is 3.41. The number of carbonyl (C=O) groups excluding carboxylic acids is 2. The topological polar surface area (TPSA) is 141 Å².